The van der Waals surface area contributed by atoms with Gasteiger partial charge in [0.2, 0.25) is 0 Å². The van der Waals surface area contributed by atoms with E-state index < -0.39 is 36.4 Å². The van der Waals surface area contributed by atoms with Gasteiger partial charge in [0.05, 0.1) is 0 Å². The van der Waals surface area contributed by atoms with Gasteiger partial charge < -0.3 is 10.5 Å². The predicted octanol–water partition coefficient (Wildman–Crippen LogP) is 1.94. The summed E-state index contributed by atoms with van der Waals surface area (Å²) in [5.74, 6) is -4.00. The third-order valence-electron chi connectivity index (χ3n) is 2.08. The first-order chi connectivity index (χ1) is 8.68. The Morgan fingerprint density at radius 2 is 1.74 bits per heavy atom. The van der Waals surface area contributed by atoms with Crippen LogP contribution < -0.4 is 5.73 Å². The summed E-state index contributed by atoms with van der Waals surface area (Å²) in [4.78, 5) is 10.4. The molecule has 1 rings (SSSR count). The minimum atomic E-state index is -5.09. The van der Waals surface area contributed by atoms with Gasteiger partial charge in [-0.1, -0.05) is 0 Å². The van der Waals surface area contributed by atoms with Crippen molar-refractivity contribution in [3.8, 4) is 0 Å². The molecule has 8 heteroatoms. The second-order valence-corrected chi connectivity index (χ2v) is 3.84. The number of halogens is 5. The van der Waals surface area contributed by atoms with Gasteiger partial charge in [-0.15, -0.1) is 0 Å². The van der Waals surface area contributed by atoms with Crippen molar-refractivity contribution >= 4 is 5.97 Å². The summed E-state index contributed by atoms with van der Waals surface area (Å²) in [7, 11) is 0. The number of hydrogen-bond acceptors (Lipinski definition) is 3. The third-order valence-corrected chi connectivity index (χ3v) is 2.08. The first-order valence-electron chi connectivity index (χ1n) is 5.13. The van der Waals surface area contributed by atoms with E-state index in [1.165, 1.54) is 0 Å². The number of ether oxygens (including phenoxy) is 1. The molecule has 0 aliphatic heterocycles. The molecule has 19 heavy (non-hydrogen) atoms. The molecule has 1 unspecified atom stereocenters. The number of benzene rings is 1. The lowest BCUT2D eigenvalue weighted by Gasteiger charge is -2.13. The zero-order valence-electron chi connectivity index (χ0n) is 9.51. The number of alkyl halides is 3. The smallest absolute Gasteiger partial charge is 0.457 e. The molecule has 106 valence electrons. The molecule has 3 nitrogen and oxygen atoms in total. The Balaban J connectivity index is 2.51. The van der Waals surface area contributed by atoms with Gasteiger partial charge in [0, 0.05) is 12.1 Å². The summed E-state index contributed by atoms with van der Waals surface area (Å²) in [5, 5.41) is 0. The van der Waals surface area contributed by atoms with Crippen molar-refractivity contribution in [2.75, 3.05) is 6.61 Å². The molecular weight excluding hydrogens is 273 g/mol. The summed E-state index contributed by atoms with van der Waals surface area (Å²) in [6.45, 7) is -0.698. The van der Waals surface area contributed by atoms with Crippen LogP contribution in [0.2, 0.25) is 0 Å². The Labute approximate surface area is 105 Å². The molecule has 0 spiro atoms. The van der Waals surface area contributed by atoms with Gasteiger partial charge in [-0.2, -0.15) is 13.2 Å². The summed E-state index contributed by atoms with van der Waals surface area (Å²) in [6.07, 6.45) is -5.22. The predicted molar refractivity (Wildman–Crippen MR) is 55.1 cm³/mol. The molecule has 2 N–H and O–H groups in total. The maximum atomic E-state index is 12.8. The fraction of sp³-hybridized carbons (Fsp3) is 0.364. The van der Waals surface area contributed by atoms with Crippen LogP contribution in [0.1, 0.15) is 5.56 Å². The molecular formula is C11H10F5NO2. The number of esters is 1. The van der Waals surface area contributed by atoms with E-state index in [2.05, 4.69) is 4.74 Å². The van der Waals surface area contributed by atoms with Crippen molar-refractivity contribution in [2.45, 2.75) is 18.6 Å². The average molecular weight is 283 g/mol. The Kier molecular flexibility index (Phi) is 4.82. The molecule has 0 aliphatic rings. The number of carbonyl (C=O) groups is 1. The van der Waals surface area contributed by atoms with Crippen LogP contribution in [0.4, 0.5) is 22.0 Å². The zero-order chi connectivity index (χ0) is 14.6. The third kappa shape index (κ3) is 5.21. The highest BCUT2D eigenvalue weighted by atomic mass is 19.4. The quantitative estimate of drug-likeness (QED) is 0.678. The molecule has 0 saturated carbocycles. The van der Waals surface area contributed by atoms with E-state index in [9.17, 15) is 26.7 Å². The van der Waals surface area contributed by atoms with Crippen molar-refractivity contribution in [2.24, 2.45) is 5.73 Å². The fourth-order valence-corrected chi connectivity index (χ4v) is 1.36. The van der Waals surface area contributed by atoms with Crippen LogP contribution in [0.25, 0.3) is 0 Å². The van der Waals surface area contributed by atoms with Gasteiger partial charge in [-0.05, 0) is 24.1 Å². The summed E-state index contributed by atoms with van der Waals surface area (Å²) >= 11 is 0. The van der Waals surface area contributed by atoms with Crippen molar-refractivity contribution in [1.29, 1.82) is 0 Å². The highest BCUT2D eigenvalue weighted by Crippen LogP contribution is 2.16. The van der Waals surface area contributed by atoms with Gasteiger partial charge >= 0.3 is 12.1 Å². The lowest BCUT2D eigenvalue weighted by atomic mass is 10.1. The van der Waals surface area contributed by atoms with Gasteiger partial charge in [-0.3, -0.25) is 0 Å². The van der Waals surface area contributed by atoms with Crippen molar-refractivity contribution in [3.63, 3.8) is 0 Å². The van der Waals surface area contributed by atoms with E-state index in [0.717, 1.165) is 12.1 Å². The van der Waals surface area contributed by atoms with Crippen molar-refractivity contribution < 1.29 is 31.5 Å². The Morgan fingerprint density at radius 3 is 2.21 bits per heavy atom. The zero-order valence-corrected chi connectivity index (χ0v) is 9.51. The van der Waals surface area contributed by atoms with Gasteiger partial charge in [0.25, 0.3) is 0 Å². The number of carbonyl (C=O) groups excluding carboxylic acids is 1. The lowest BCUT2D eigenvalue weighted by Crippen LogP contribution is -2.34. The van der Waals surface area contributed by atoms with Crippen molar-refractivity contribution in [3.05, 3.63) is 35.4 Å². The monoisotopic (exact) mass is 283 g/mol. The molecule has 1 aromatic carbocycles. The van der Waals surface area contributed by atoms with Crippen LogP contribution in [-0.2, 0) is 16.0 Å². The SMILES string of the molecule is NC(COC(=O)C(F)(F)F)Cc1cc(F)cc(F)c1. The normalized spacial score (nSPS) is 13.2. The molecule has 0 amide bonds. The molecule has 0 fully saturated rings. The van der Waals surface area contributed by atoms with E-state index in [1.807, 2.05) is 0 Å². The minimum Gasteiger partial charge on any atom is -0.457 e. The Morgan fingerprint density at radius 1 is 1.21 bits per heavy atom. The van der Waals surface area contributed by atoms with Crippen LogP contribution in [0, 0.1) is 11.6 Å². The molecule has 1 aromatic rings. The topological polar surface area (TPSA) is 52.3 Å². The largest absolute Gasteiger partial charge is 0.490 e. The van der Waals surface area contributed by atoms with Crippen LogP contribution in [-0.4, -0.2) is 24.8 Å². The lowest BCUT2D eigenvalue weighted by molar-refractivity contribution is -0.200. The Hall–Kier alpha value is -1.70. The standard InChI is InChI=1S/C11H10F5NO2/c12-7-1-6(2-8(13)4-7)3-9(17)5-19-10(18)11(14,15)16/h1-2,4,9H,3,5,17H2. The summed E-state index contributed by atoms with van der Waals surface area (Å²) in [6, 6.07) is 1.65. The van der Waals surface area contributed by atoms with Gasteiger partial charge in [-0.25, -0.2) is 13.6 Å². The summed E-state index contributed by atoms with van der Waals surface area (Å²) < 4.78 is 65.0. The van der Waals surface area contributed by atoms with Gasteiger partial charge in [0.1, 0.15) is 18.2 Å². The molecule has 0 bridgehead atoms. The van der Waals surface area contributed by atoms with Crippen molar-refractivity contribution in [1.82, 2.24) is 0 Å². The van der Waals surface area contributed by atoms with Crippen LogP contribution in [0.3, 0.4) is 0 Å². The number of rotatable bonds is 4. The highest BCUT2D eigenvalue weighted by molar-refractivity contribution is 5.75. The molecule has 1 atom stereocenters. The summed E-state index contributed by atoms with van der Waals surface area (Å²) in [5.41, 5.74) is 5.57. The number of hydrogen-bond donors (Lipinski definition) is 1. The van der Waals surface area contributed by atoms with Gasteiger partial charge in [0.15, 0.2) is 0 Å². The van der Waals surface area contributed by atoms with E-state index in [-0.39, 0.29) is 12.0 Å². The van der Waals surface area contributed by atoms with Crippen LogP contribution in [0.5, 0.6) is 0 Å². The van der Waals surface area contributed by atoms with Crippen LogP contribution >= 0.6 is 0 Å². The maximum absolute atomic E-state index is 12.8. The highest BCUT2D eigenvalue weighted by Gasteiger charge is 2.41. The first-order valence-corrected chi connectivity index (χ1v) is 5.13. The van der Waals surface area contributed by atoms with E-state index in [0.29, 0.717) is 6.07 Å². The molecule has 0 aromatic heterocycles. The van der Waals surface area contributed by atoms with E-state index in [1.54, 1.807) is 0 Å². The maximum Gasteiger partial charge on any atom is 0.490 e. The number of nitrogens with two attached hydrogens (primary N) is 1. The molecule has 0 saturated heterocycles. The first kappa shape index (κ1) is 15.4. The van der Waals surface area contributed by atoms with Crippen LogP contribution in [0.15, 0.2) is 18.2 Å². The average Bonchev–Trinajstić information content (AvgIpc) is 2.22. The van der Waals surface area contributed by atoms with E-state index >= 15 is 0 Å². The fourth-order valence-electron chi connectivity index (χ4n) is 1.36. The molecule has 0 aliphatic carbocycles. The second-order valence-electron chi connectivity index (χ2n) is 3.84. The van der Waals surface area contributed by atoms with E-state index in [4.69, 9.17) is 5.73 Å². The molecule has 0 heterocycles. The molecule has 0 radical (unpaired) electrons. The Bertz CT molecular complexity index is 441. The minimum absolute atomic E-state index is 0.125. The second kappa shape index (κ2) is 5.96.